The summed E-state index contributed by atoms with van der Waals surface area (Å²) in [6.07, 6.45) is 8.24. The van der Waals surface area contributed by atoms with E-state index in [0.29, 0.717) is 6.04 Å². The van der Waals surface area contributed by atoms with Crippen LogP contribution in [-0.4, -0.2) is 13.1 Å². The summed E-state index contributed by atoms with van der Waals surface area (Å²) in [5.41, 5.74) is 2.95. The molecule has 0 aliphatic heterocycles. The van der Waals surface area contributed by atoms with E-state index < -0.39 is 0 Å². The van der Waals surface area contributed by atoms with Crippen LogP contribution in [0.4, 0.5) is 0 Å². The summed E-state index contributed by atoms with van der Waals surface area (Å²) in [6.45, 7) is 4.60. The van der Waals surface area contributed by atoms with Gasteiger partial charge < -0.3 is 5.32 Å². The Morgan fingerprint density at radius 1 is 1.21 bits per heavy atom. The summed E-state index contributed by atoms with van der Waals surface area (Å²) in [4.78, 5) is 0. The molecule has 3 unspecified atom stereocenters. The third-order valence-electron chi connectivity index (χ3n) is 5.08. The summed E-state index contributed by atoms with van der Waals surface area (Å²) in [7, 11) is 2.14. The molecule has 1 aliphatic rings. The van der Waals surface area contributed by atoms with Gasteiger partial charge in [-0.25, -0.2) is 0 Å². The Balaban J connectivity index is 2.08. The van der Waals surface area contributed by atoms with Gasteiger partial charge in [0, 0.05) is 6.04 Å². The first-order valence-corrected chi connectivity index (χ1v) is 7.98. The zero-order chi connectivity index (χ0) is 13.7. The molecule has 0 saturated heterocycles. The zero-order valence-corrected chi connectivity index (χ0v) is 12.8. The lowest BCUT2D eigenvalue weighted by Crippen LogP contribution is -2.41. The number of hydrogen-bond donors (Lipinski definition) is 1. The van der Waals surface area contributed by atoms with E-state index in [1.807, 2.05) is 0 Å². The molecule has 1 nitrogen and oxygen atoms in total. The molecule has 106 valence electrons. The molecule has 1 N–H and O–H groups in total. The minimum atomic E-state index is 0.645. The average molecular weight is 259 g/mol. The van der Waals surface area contributed by atoms with Crippen LogP contribution in [0.15, 0.2) is 24.3 Å². The van der Waals surface area contributed by atoms with Gasteiger partial charge in [-0.1, -0.05) is 56.9 Å². The molecule has 1 aromatic rings. The maximum Gasteiger partial charge on any atom is 0.0135 e. The molecule has 0 radical (unpaired) electrons. The van der Waals surface area contributed by atoms with E-state index in [1.165, 1.54) is 49.7 Å². The number of nitrogens with one attached hydrogen (secondary N) is 1. The van der Waals surface area contributed by atoms with Crippen molar-refractivity contribution in [2.75, 3.05) is 7.05 Å². The van der Waals surface area contributed by atoms with Crippen LogP contribution in [-0.2, 0) is 6.42 Å². The summed E-state index contributed by atoms with van der Waals surface area (Å²) in [6, 6.07) is 9.49. The van der Waals surface area contributed by atoms with Crippen molar-refractivity contribution in [2.24, 2.45) is 11.8 Å². The van der Waals surface area contributed by atoms with Crippen LogP contribution in [0.5, 0.6) is 0 Å². The molecule has 3 atom stereocenters. The van der Waals surface area contributed by atoms with Gasteiger partial charge in [-0.05, 0) is 49.8 Å². The standard InChI is InChI=1S/C18H29N/c1-4-15-10-7-8-12-17(15)18(19-3)13-16-11-6-5-9-14(16)2/h5-6,9,11,15,17-19H,4,7-8,10,12-13H2,1-3H3. The van der Waals surface area contributed by atoms with E-state index in [9.17, 15) is 0 Å². The van der Waals surface area contributed by atoms with Crippen LogP contribution in [0, 0.1) is 18.8 Å². The summed E-state index contributed by atoms with van der Waals surface area (Å²) < 4.78 is 0. The highest BCUT2D eigenvalue weighted by molar-refractivity contribution is 5.26. The fourth-order valence-corrected chi connectivity index (χ4v) is 3.82. The highest BCUT2D eigenvalue weighted by Gasteiger charge is 2.30. The van der Waals surface area contributed by atoms with Crippen molar-refractivity contribution < 1.29 is 0 Å². The van der Waals surface area contributed by atoms with Gasteiger partial charge in [-0.15, -0.1) is 0 Å². The summed E-state index contributed by atoms with van der Waals surface area (Å²) >= 11 is 0. The first-order valence-electron chi connectivity index (χ1n) is 7.98. The van der Waals surface area contributed by atoms with Gasteiger partial charge in [-0.2, -0.15) is 0 Å². The second-order valence-electron chi connectivity index (χ2n) is 6.14. The minimum Gasteiger partial charge on any atom is -0.316 e. The Morgan fingerprint density at radius 2 is 1.95 bits per heavy atom. The Morgan fingerprint density at radius 3 is 2.63 bits per heavy atom. The topological polar surface area (TPSA) is 12.0 Å². The Labute approximate surface area is 118 Å². The maximum atomic E-state index is 3.61. The molecule has 1 saturated carbocycles. The van der Waals surface area contributed by atoms with Crippen LogP contribution in [0.1, 0.15) is 50.2 Å². The fourth-order valence-electron chi connectivity index (χ4n) is 3.82. The Hall–Kier alpha value is -0.820. The van der Waals surface area contributed by atoms with E-state index in [1.54, 1.807) is 0 Å². The van der Waals surface area contributed by atoms with Crippen molar-refractivity contribution in [1.82, 2.24) is 5.32 Å². The minimum absolute atomic E-state index is 0.645. The number of aryl methyl sites for hydroxylation is 1. The maximum absolute atomic E-state index is 3.61. The molecule has 0 heterocycles. The van der Waals surface area contributed by atoms with E-state index in [-0.39, 0.29) is 0 Å². The predicted molar refractivity (Wildman–Crippen MR) is 83.5 cm³/mol. The highest BCUT2D eigenvalue weighted by Crippen LogP contribution is 2.35. The molecule has 0 spiro atoms. The van der Waals surface area contributed by atoms with Crippen molar-refractivity contribution in [3.05, 3.63) is 35.4 Å². The first kappa shape index (κ1) is 14.6. The van der Waals surface area contributed by atoms with Crippen LogP contribution in [0.2, 0.25) is 0 Å². The van der Waals surface area contributed by atoms with E-state index >= 15 is 0 Å². The number of rotatable bonds is 5. The molecule has 1 fully saturated rings. The normalized spacial score (nSPS) is 25.2. The molecule has 0 bridgehead atoms. The largest absolute Gasteiger partial charge is 0.316 e. The fraction of sp³-hybridized carbons (Fsp3) is 0.667. The van der Waals surface area contributed by atoms with Crippen molar-refractivity contribution in [3.63, 3.8) is 0 Å². The number of benzene rings is 1. The second kappa shape index (κ2) is 7.09. The quantitative estimate of drug-likeness (QED) is 0.829. The molecular weight excluding hydrogens is 230 g/mol. The zero-order valence-electron chi connectivity index (χ0n) is 12.8. The van der Waals surface area contributed by atoms with Gasteiger partial charge in [0.15, 0.2) is 0 Å². The number of likely N-dealkylation sites (N-methyl/N-ethyl adjacent to an activating group) is 1. The van der Waals surface area contributed by atoms with Gasteiger partial charge in [0.1, 0.15) is 0 Å². The SMILES string of the molecule is CCC1CCCCC1C(Cc1ccccc1C)NC. The molecular formula is C18H29N. The van der Waals surface area contributed by atoms with Gasteiger partial charge in [-0.3, -0.25) is 0 Å². The molecule has 1 heteroatoms. The van der Waals surface area contributed by atoms with Crippen LogP contribution >= 0.6 is 0 Å². The lowest BCUT2D eigenvalue weighted by atomic mass is 9.72. The Kier molecular flexibility index (Phi) is 5.45. The third kappa shape index (κ3) is 3.60. The monoisotopic (exact) mass is 259 g/mol. The summed E-state index contributed by atoms with van der Waals surface area (Å²) in [5, 5.41) is 3.61. The lowest BCUT2D eigenvalue weighted by molar-refractivity contribution is 0.179. The summed E-state index contributed by atoms with van der Waals surface area (Å²) in [5.74, 6) is 1.79. The molecule has 2 rings (SSSR count). The van der Waals surface area contributed by atoms with Crippen molar-refractivity contribution in [1.29, 1.82) is 0 Å². The van der Waals surface area contributed by atoms with Gasteiger partial charge in [0.05, 0.1) is 0 Å². The lowest BCUT2D eigenvalue weighted by Gasteiger charge is -2.37. The number of hydrogen-bond acceptors (Lipinski definition) is 1. The van der Waals surface area contributed by atoms with Gasteiger partial charge in [0.2, 0.25) is 0 Å². The van der Waals surface area contributed by atoms with Gasteiger partial charge >= 0.3 is 0 Å². The van der Waals surface area contributed by atoms with Crippen LogP contribution in [0.25, 0.3) is 0 Å². The molecule has 1 aliphatic carbocycles. The highest BCUT2D eigenvalue weighted by atomic mass is 14.9. The molecule has 1 aromatic carbocycles. The molecule has 0 aromatic heterocycles. The van der Waals surface area contributed by atoms with Crippen LogP contribution < -0.4 is 5.32 Å². The van der Waals surface area contributed by atoms with Crippen molar-refractivity contribution in [3.8, 4) is 0 Å². The average Bonchev–Trinajstić information content (AvgIpc) is 2.46. The van der Waals surface area contributed by atoms with Crippen LogP contribution in [0.3, 0.4) is 0 Å². The first-order chi connectivity index (χ1) is 9.26. The predicted octanol–water partition coefficient (Wildman–Crippen LogP) is 4.34. The van der Waals surface area contributed by atoms with Gasteiger partial charge in [0.25, 0.3) is 0 Å². The molecule has 19 heavy (non-hydrogen) atoms. The van der Waals surface area contributed by atoms with E-state index in [4.69, 9.17) is 0 Å². The molecule has 0 amide bonds. The van der Waals surface area contributed by atoms with Crippen molar-refractivity contribution in [2.45, 2.75) is 58.4 Å². The third-order valence-corrected chi connectivity index (χ3v) is 5.08. The van der Waals surface area contributed by atoms with Crippen molar-refractivity contribution >= 4 is 0 Å². The second-order valence-corrected chi connectivity index (χ2v) is 6.14. The smallest absolute Gasteiger partial charge is 0.0135 e. The van der Waals surface area contributed by atoms with E-state index in [2.05, 4.69) is 50.5 Å². The Bertz CT molecular complexity index is 385. The van der Waals surface area contributed by atoms with E-state index in [0.717, 1.165) is 11.8 Å².